The molecule has 1 aromatic heterocycles. The van der Waals surface area contributed by atoms with Crippen LogP contribution in [0, 0.1) is 11.5 Å². The van der Waals surface area contributed by atoms with Crippen molar-refractivity contribution in [1.82, 2.24) is 14.7 Å². The second kappa shape index (κ2) is 7.40. The quantitative estimate of drug-likeness (QED) is 0.618. The molecule has 142 valence electrons. The Bertz CT molecular complexity index is 1030. The zero-order valence-corrected chi connectivity index (χ0v) is 16.5. The largest absolute Gasteiger partial charge is 0.496 e. The number of nitrogens with zero attached hydrogens (tertiary/aromatic N) is 4. The summed E-state index contributed by atoms with van der Waals surface area (Å²) in [7, 11) is 1.69. The molecule has 0 amide bonds. The van der Waals surface area contributed by atoms with Crippen molar-refractivity contribution in [3.05, 3.63) is 70.9 Å². The molecular formula is C23H24N4O. The summed E-state index contributed by atoms with van der Waals surface area (Å²) < 4.78 is 7.69. The van der Waals surface area contributed by atoms with Crippen LogP contribution < -0.4 is 4.74 Å². The number of aromatic nitrogens is 2. The lowest BCUT2D eigenvalue weighted by Gasteiger charge is -2.13. The van der Waals surface area contributed by atoms with E-state index in [2.05, 4.69) is 44.3 Å². The van der Waals surface area contributed by atoms with Gasteiger partial charge in [-0.2, -0.15) is 10.4 Å². The first-order valence-corrected chi connectivity index (χ1v) is 9.56. The third-order valence-electron chi connectivity index (χ3n) is 5.32. The predicted molar refractivity (Wildman–Crippen MR) is 109 cm³/mol. The lowest BCUT2D eigenvalue weighted by molar-refractivity contribution is 0.402. The van der Waals surface area contributed by atoms with Gasteiger partial charge in [-0.3, -0.25) is 4.68 Å². The number of rotatable bonds is 5. The van der Waals surface area contributed by atoms with E-state index in [9.17, 15) is 5.26 Å². The van der Waals surface area contributed by atoms with Crippen LogP contribution >= 0.6 is 0 Å². The first-order chi connectivity index (χ1) is 13.6. The summed E-state index contributed by atoms with van der Waals surface area (Å²) >= 11 is 0. The van der Waals surface area contributed by atoms with Gasteiger partial charge in [-0.1, -0.05) is 50.2 Å². The van der Waals surface area contributed by atoms with Crippen molar-refractivity contribution in [3.63, 3.8) is 0 Å². The topological polar surface area (TPSA) is 54.1 Å². The summed E-state index contributed by atoms with van der Waals surface area (Å²) in [4.78, 5) is 1.77. The van der Waals surface area contributed by atoms with E-state index in [1.807, 2.05) is 28.9 Å². The van der Waals surface area contributed by atoms with Gasteiger partial charge in [-0.25, -0.2) is 0 Å². The fourth-order valence-electron chi connectivity index (χ4n) is 3.75. The zero-order valence-electron chi connectivity index (χ0n) is 16.5. The van der Waals surface area contributed by atoms with E-state index in [4.69, 9.17) is 9.84 Å². The van der Waals surface area contributed by atoms with Gasteiger partial charge in [-0.05, 0) is 29.2 Å². The van der Waals surface area contributed by atoms with E-state index in [0.29, 0.717) is 25.6 Å². The molecule has 3 aromatic rings. The first kappa shape index (κ1) is 18.1. The van der Waals surface area contributed by atoms with Crippen LogP contribution in [0.4, 0.5) is 0 Å². The van der Waals surface area contributed by atoms with E-state index in [0.717, 1.165) is 28.3 Å². The highest BCUT2D eigenvalue weighted by atomic mass is 16.5. The molecule has 0 saturated carbocycles. The monoisotopic (exact) mass is 372 g/mol. The maximum Gasteiger partial charge on any atom is 0.180 e. The number of hydrogen-bond donors (Lipinski definition) is 0. The summed E-state index contributed by atoms with van der Waals surface area (Å²) in [5.41, 5.74) is 6.59. The molecule has 1 aliphatic heterocycles. The molecule has 2 aromatic carbocycles. The molecule has 0 fully saturated rings. The van der Waals surface area contributed by atoms with Crippen LogP contribution in [0.5, 0.6) is 5.75 Å². The van der Waals surface area contributed by atoms with E-state index in [-0.39, 0.29) is 0 Å². The number of methoxy groups -OCH3 is 1. The zero-order chi connectivity index (χ0) is 19.7. The molecule has 5 heteroatoms. The third-order valence-corrected chi connectivity index (χ3v) is 5.32. The van der Waals surface area contributed by atoms with Crippen LogP contribution in [-0.2, 0) is 19.6 Å². The Balaban J connectivity index is 1.84. The Labute approximate surface area is 165 Å². The van der Waals surface area contributed by atoms with Crippen LogP contribution in [0.15, 0.2) is 48.5 Å². The number of benzene rings is 2. The molecule has 0 radical (unpaired) electrons. The first-order valence-electron chi connectivity index (χ1n) is 9.56. The van der Waals surface area contributed by atoms with Crippen LogP contribution in [0.25, 0.3) is 11.3 Å². The molecule has 28 heavy (non-hydrogen) atoms. The van der Waals surface area contributed by atoms with Gasteiger partial charge in [0.05, 0.1) is 32.4 Å². The fourth-order valence-corrected chi connectivity index (χ4v) is 3.75. The molecule has 0 N–H and O–H groups in total. The summed E-state index contributed by atoms with van der Waals surface area (Å²) in [6, 6.07) is 16.6. The van der Waals surface area contributed by atoms with Crippen LogP contribution in [0.3, 0.4) is 0 Å². The Morgan fingerprint density at radius 1 is 1.14 bits per heavy atom. The van der Waals surface area contributed by atoms with Crippen LogP contribution in [-0.4, -0.2) is 21.8 Å². The normalized spacial score (nSPS) is 12.9. The second-order valence-electron chi connectivity index (χ2n) is 7.49. The minimum absolute atomic E-state index is 0.416. The van der Waals surface area contributed by atoms with Gasteiger partial charge in [-0.15, -0.1) is 0 Å². The average molecular weight is 372 g/mol. The molecule has 0 saturated heterocycles. The maximum atomic E-state index is 9.44. The second-order valence-corrected chi connectivity index (χ2v) is 7.49. The van der Waals surface area contributed by atoms with Crippen LogP contribution in [0.1, 0.15) is 42.1 Å². The fraction of sp³-hybridized carbons (Fsp3) is 0.304. The highest BCUT2D eigenvalue weighted by Crippen LogP contribution is 2.38. The molecule has 1 aliphatic rings. The van der Waals surface area contributed by atoms with Crippen molar-refractivity contribution >= 4 is 0 Å². The molecular weight excluding hydrogens is 348 g/mol. The lowest BCUT2D eigenvalue weighted by atomic mass is 9.97. The van der Waals surface area contributed by atoms with Gasteiger partial charge >= 0.3 is 0 Å². The van der Waals surface area contributed by atoms with Crippen molar-refractivity contribution in [1.29, 1.82) is 5.26 Å². The molecule has 0 spiro atoms. The van der Waals surface area contributed by atoms with E-state index < -0.39 is 0 Å². The molecule has 0 atom stereocenters. The Hall–Kier alpha value is -3.26. The minimum Gasteiger partial charge on any atom is -0.496 e. The van der Waals surface area contributed by atoms with Gasteiger partial charge in [0.15, 0.2) is 6.19 Å². The smallest absolute Gasteiger partial charge is 0.180 e. The highest BCUT2D eigenvalue weighted by molar-refractivity contribution is 5.72. The maximum absolute atomic E-state index is 9.44. The number of ether oxygens (including phenoxy) is 1. The van der Waals surface area contributed by atoms with Crippen molar-refractivity contribution in [3.8, 4) is 23.2 Å². The Morgan fingerprint density at radius 3 is 2.61 bits per heavy atom. The predicted octanol–water partition coefficient (Wildman–Crippen LogP) is 4.53. The van der Waals surface area contributed by atoms with Gasteiger partial charge in [0.2, 0.25) is 0 Å². The third kappa shape index (κ3) is 3.22. The van der Waals surface area contributed by atoms with Crippen LogP contribution in [0.2, 0.25) is 0 Å². The summed E-state index contributed by atoms with van der Waals surface area (Å²) in [6.07, 6.45) is 2.29. The summed E-state index contributed by atoms with van der Waals surface area (Å²) in [5, 5.41) is 14.4. The summed E-state index contributed by atoms with van der Waals surface area (Å²) in [5.74, 6) is 1.23. The van der Waals surface area contributed by atoms with Crippen molar-refractivity contribution < 1.29 is 4.74 Å². The molecule has 5 nitrogen and oxygen atoms in total. The van der Waals surface area contributed by atoms with Gasteiger partial charge in [0, 0.05) is 11.1 Å². The number of nitriles is 1. The van der Waals surface area contributed by atoms with Crippen molar-refractivity contribution in [2.45, 2.75) is 39.4 Å². The van der Waals surface area contributed by atoms with Crippen molar-refractivity contribution in [2.24, 2.45) is 0 Å². The molecule has 0 aliphatic carbocycles. The lowest BCUT2D eigenvalue weighted by Crippen LogP contribution is -2.13. The van der Waals surface area contributed by atoms with Gasteiger partial charge < -0.3 is 9.64 Å². The Morgan fingerprint density at radius 2 is 1.93 bits per heavy atom. The minimum atomic E-state index is 0.416. The van der Waals surface area contributed by atoms with E-state index in [1.54, 1.807) is 12.0 Å². The molecule has 0 bridgehead atoms. The number of fused-ring (bicyclic) bond motifs is 1. The highest BCUT2D eigenvalue weighted by Gasteiger charge is 2.29. The molecule has 0 unspecified atom stereocenters. The van der Waals surface area contributed by atoms with Crippen molar-refractivity contribution in [2.75, 3.05) is 7.11 Å². The van der Waals surface area contributed by atoms with E-state index >= 15 is 0 Å². The van der Waals surface area contributed by atoms with Gasteiger partial charge in [0.1, 0.15) is 11.4 Å². The van der Waals surface area contributed by atoms with Gasteiger partial charge in [0.25, 0.3) is 0 Å². The Kier molecular flexibility index (Phi) is 4.79. The molecule has 2 heterocycles. The SMILES string of the molecule is COc1ccc(C(C)C)cc1-c1nn(Cc2ccccc2)c2c1CN(C#N)C2. The average Bonchev–Trinajstić information content (AvgIpc) is 3.28. The summed E-state index contributed by atoms with van der Waals surface area (Å²) in [6.45, 7) is 6.24. The van der Waals surface area contributed by atoms with E-state index in [1.165, 1.54) is 11.1 Å². The number of hydrogen-bond acceptors (Lipinski definition) is 4. The molecule has 4 rings (SSSR count). The standard InChI is InChI=1S/C23H24N4O/c1-16(2)18-9-10-22(28-3)19(11-18)23-20-13-26(15-24)14-21(20)27(25-23)12-17-7-5-4-6-8-17/h4-11,16H,12-14H2,1-3H3.